The molecule has 0 amide bonds. The van der Waals surface area contributed by atoms with E-state index in [4.69, 9.17) is 6.42 Å². The Morgan fingerprint density at radius 2 is 1.91 bits per heavy atom. The van der Waals surface area contributed by atoms with Crippen LogP contribution in [-0.4, -0.2) is 17.0 Å². The van der Waals surface area contributed by atoms with Crippen LogP contribution in [0.25, 0.3) is 5.57 Å². The summed E-state index contributed by atoms with van der Waals surface area (Å²) in [5.74, 6) is 2.75. The van der Waals surface area contributed by atoms with Gasteiger partial charge in [0.15, 0.2) is 0 Å². The van der Waals surface area contributed by atoms with Gasteiger partial charge in [0.05, 0.1) is 0 Å². The Kier molecular flexibility index (Phi) is 3.77. The molecule has 1 saturated heterocycles. The van der Waals surface area contributed by atoms with Crippen molar-refractivity contribution in [3.05, 3.63) is 77.4 Å². The quantitative estimate of drug-likeness (QED) is 0.755. The minimum atomic E-state index is 0.568. The first-order valence-electron chi connectivity index (χ1n) is 8.41. The van der Waals surface area contributed by atoms with Crippen molar-refractivity contribution < 1.29 is 0 Å². The van der Waals surface area contributed by atoms with Crippen LogP contribution in [0.5, 0.6) is 0 Å². The fourth-order valence-corrected chi connectivity index (χ4v) is 3.98. The minimum absolute atomic E-state index is 0.568. The number of rotatable bonds is 3. The SMILES string of the molecule is C#Cc1cccc(C2=CC3CCC(C2)N3Cc2ccccc2)c1. The molecule has 0 aliphatic carbocycles. The lowest BCUT2D eigenvalue weighted by Gasteiger charge is -2.34. The van der Waals surface area contributed by atoms with Crippen LogP contribution in [0.4, 0.5) is 0 Å². The first kappa shape index (κ1) is 14.3. The second-order valence-electron chi connectivity index (χ2n) is 6.58. The van der Waals surface area contributed by atoms with Crippen LogP contribution >= 0.6 is 0 Å². The Bertz CT molecular complexity index is 766. The third-order valence-electron chi connectivity index (χ3n) is 5.15. The van der Waals surface area contributed by atoms with Crippen molar-refractivity contribution in [1.29, 1.82) is 0 Å². The van der Waals surface area contributed by atoms with Crippen molar-refractivity contribution in [3.8, 4) is 12.3 Å². The summed E-state index contributed by atoms with van der Waals surface area (Å²) in [5, 5.41) is 0. The number of hydrogen-bond acceptors (Lipinski definition) is 1. The Morgan fingerprint density at radius 1 is 1.04 bits per heavy atom. The van der Waals surface area contributed by atoms with E-state index in [0.717, 1.165) is 18.5 Å². The zero-order valence-corrected chi connectivity index (χ0v) is 13.3. The standard InChI is InChI=1S/C22H21N/c1-2-17-9-6-10-19(13-17)20-14-21-11-12-22(15-20)23(21)16-18-7-4-3-5-8-18/h1,3-10,13-14,21-22H,11-12,15-16H2. The van der Waals surface area contributed by atoms with Gasteiger partial charge in [-0.05, 0) is 48.1 Å². The topological polar surface area (TPSA) is 3.24 Å². The van der Waals surface area contributed by atoms with E-state index >= 15 is 0 Å². The molecule has 2 bridgehead atoms. The molecule has 2 aliphatic heterocycles. The summed E-state index contributed by atoms with van der Waals surface area (Å²) >= 11 is 0. The number of hydrogen-bond donors (Lipinski definition) is 0. The molecule has 23 heavy (non-hydrogen) atoms. The highest BCUT2D eigenvalue weighted by molar-refractivity contribution is 5.69. The van der Waals surface area contributed by atoms with Gasteiger partial charge in [-0.15, -0.1) is 6.42 Å². The fraction of sp³-hybridized carbons (Fsp3) is 0.273. The van der Waals surface area contributed by atoms with Crippen LogP contribution in [0.15, 0.2) is 60.7 Å². The van der Waals surface area contributed by atoms with Crippen molar-refractivity contribution in [1.82, 2.24) is 4.90 Å². The van der Waals surface area contributed by atoms with E-state index in [2.05, 4.69) is 65.4 Å². The molecule has 0 spiro atoms. The molecule has 114 valence electrons. The van der Waals surface area contributed by atoms with E-state index in [0.29, 0.717) is 12.1 Å². The van der Waals surface area contributed by atoms with E-state index in [1.807, 2.05) is 6.07 Å². The maximum atomic E-state index is 5.55. The second kappa shape index (κ2) is 6.07. The first-order chi connectivity index (χ1) is 11.3. The normalized spacial score (nSPS) is 23.3. The molecule has 1 fully saturated rings. The van der Waals surface area contributed by atoms with Gasteiger partial charge in [0, 0.05) is 24.2 Å². The van der Waals surface area contributed by atoms with Crippen LogP contribution in [0.2, 0.25) is 0 Å². The Balaban J connectivity index is 1.58. The number of benzene rings is 2. The summed E-state index contributed by atoms with van der Waals surface area (Å²) in [5.41, 5.74) is 5.16. The molecule has 2 heterocycles. The van der Waals surface area contributed by atoms with Crippen molar-refractivity contribution >= 4 is 5.57 Å². The fourth-order valence-electron chi connectivity index (χ4n) is 3.98. The second-order valence-corrected chi connectivity index (χ2v) is 6.58. The predicted octanol–water partition coefficient (Wildman–Crippen LogP) is 4.49. The van der Waals surface area contributed by atoms with Gasteiger partial charge in [-0.1, -0.05) is 54.5 Å². The first-order valence-corrected chi connectivity index (χ1v) is 8.41. The van der Waals surface area contributed by atoms with Gasteiger partial charge < -0.3 is 0 Å². The van der Waals surface area contributed by atoms with Gasteiger partial charge in [0.25, 0.3) is 0 Å². The monoisotopic (exact) mass is 299 g/mol. The van der Waals surface area contributed by atoms with Crippen LogP contribution < -0.4 is 0 Å². The van der Waals surface area contributed by atoms with Gasteiger partial charge in [0.1, 0.15) is 0 Å². The third kappa shape index (κ3) is 2.83. The third-order valence-corrected chi connectivity index (χ3v) is 5.15. The molecule has 0 saturated carbocycles. The minimum Gasteiger partial charge on any atom is -0.289 e. The summed E-state index contributed by atoms with van der Waals surface area (Å²) in [6.45, 7) is 1.06. The largest absolute Gasteiger partial charge is 0.289 e. The highest BCUT2D eigenvalue weighted by Crippen LogP contribution is 2.39. The van der Waals surface area contributed by atoms with E-state index in [1.54, 1.807) is 0 Å². The summed E-state index contributed by atoms with van der Waals surface area (Å²) in [6, 6.07) is 20.5. The molecular formula is C22H21N. The summed E-state index contributed by atoms with van der Waals surface area (Å²) in [6.07, 6.45) is 11.7. The van der Waals surface area contributed by atoms with E-state index < -0.39 is 0 Å². The van der Waals surface area contributed by atoms with Crippen molar-refractivity contribution in [3.63, 3.8) is 0 Å². The summed E-state index contributed by atoms with van der Waals surface area (Å²) < 4.78 is 0. The molecule has 0 aromatic heterocycles. The molecule has 2 aliphatic rings. The lowest BCUT2D eigenvalue weighted by molar-refractivity contribution is 0.203. The molecule has 4 rings (SSSR count). The predicted molar refractivity (Wildman–Crippen MR) is 95.8 cm³/mol. The molecule has 2 atom stereocenters. The Hall–Kier alpha value is -2.30. The molecule has 2 unspecified atom stereocenters. The van der Waals surface area contributed by atoms with Gasteiger partial charge in [-0.2, -0.15) is 0 Å². The van der Waals surface area contributed by atoms with E-state index in [1.165, 1.54) is 29.5 Å². The van der Waals surface area contributed by atoms with E-state index in [-0.39, 0.29) is 0 Å². The molecule has 0 N–H and O–H groups in total. The highest BCUT2D eigenvalue weighted by Gasteiger charge is 2.36. The van der Waals surface area contributed by atoms with Gasteiger partial charge >= 0.3 is 0 Å². The van der Waals surface area contributed by atoms with Crippen molar-refractivity contribution in [2.45, 2.75) is 37.9 Å². The maximum Gasteiger partial charge on any atom is 0.0291 e. The van der Waals surface area contributed by atoms with Gasteiger partial charge in [-0.3, -0.25) is 4.90 Å². The number of fused-ring (bicyclic) bond motifs is 2. The van der Waals surface area contributed by atoms with Crippen molar-refractivity contribution in [2.24, 2.45) is 0 Å². The molecule has 1 nitrogen and oxygen atoms in total. The lowest BCUT2D eigenvalue weighted by atomic mass is 9.93. The van der Waals surface area contributed by atoms with Crippen LogP contribution in [0.1, 0.15) is 36.0 Å². The van der Waals surface area contributed by atoms with Crippen molar-refractivity contribution in [2.75, 3.05) is 0 Å². The maximum absolute atomic E-state index is 5.55. The zero-order chi connectivity index (χ0) is 15.6. The van der Waals surface area contributed by atoms with Crippen LogP contribution in [0.3, 0.4) is 0 Å². The molecule has 1 heteroatoms. The van der Waals surface area contributed by atoms with Gasteiger partial charge in [0.2, 0.25) is 0 Å². The molecular weight excluding hydrogens is 278 g/mol. The average molecular weight is 299 g/mol. The van der Waals surface area contributed by atoms with E-state index in [9.17, 15) is 0 Å². The smallest absolute Gasteiger partial charge is 0.0291 e. The molecule has 2 aromatic carbocycles. The lowest BCUT2D eigenvalue weighted by Crippen LogP contribution is -2.37. The van der Waals surface area contributed by atoms with Crippen LogP contribution in [0, 0.1) is 12.3 Å². The molecule has 2 aromatic rings. The van der Waals surface area contributed by atoms with Crippen LogP contribution in [-0.2, 0) is 6.54 Å². The molecule has 0 radical (unpaired) electrons. The highest BCUT2D eigenvalue weighted by atomic mass is 15.2. The van der Waals surface area contributed by atoms with Gasteiger partial charge in [-0.25, -0.2) is 0 Å². The summed E-state index contributed by atoms with van der Waals surface area (Å²) in [7, 11) is 0. The number of terminal acetylenes is 1. The average Bonchev–Trinajstić information content (AvgIpc) is 2.84. The Morgan fingerprint density at radius 3 is 2.70 bits per heavy atom. The zero-order valence-electron chi connectivity index (χ0n) is 13.3. The number of nitrogens with zero attached hydrogens (tertiary/aromatic N) is 1. The Labute approximate surface area is 138 Å². The summed E-state index contributed by atoms with van der Waals surface area (Å²) in [4.78, 5) is 2.67.